The van der Waals surface area contributed by atoms with Crippen LogP contribution in [0.2, 0.25) is 5.02 Å². The lowest BCUT2D eigenvalue weighted by molar-refractivity contribution is -0.115. The second kappa shape index (κ2) is 14.2. The minimum atomic E-state index is -3.84. The van der Waals surface area contributed by atoms with Crippen LogP contribution < -0.4 is 21.1 Å². The number of nitrogens with one attached hydrogen (secondary N) is 3. The van der Waals surface area contributed by atoms with Gasteiger partial charge in [0.2, 0.25) is 15.9 Å². The number of benzene rings is 4. The summed E-state index contributed by atoms with van der Waals surface area (Å²) in [6.45, 7) is 1.72. The zero-order chi connectivity index (χ0) is 31.0. The van der Waals surface area contributed by atoms with Gasteiger partial charge in [0.1, 0.15) is 5.70 Å². The first-order chi connectivity index (χ1) is 20.5. The Morgan fingerprint density at radius 1 is 0.837 bits per heavy atom. The van der Waals surface area contributed by atoms with Gasteiger partial charge in [-0.3, -0.25) is 14.4 Å². The number of halogens is 1. The Morgan fingerprint density at radius 2 is 1.53 bits per heavy atom. The molecule has 0 bridgehead atoms. The highest BCUT2D eigenvalue weighted by atomic mass is 35.5. The van der Waals surface area contributed by atoms with Crippen LogP contribution in [-0.4, -0.2) is 31.4 Å². The van der Waals surface area contributed by atoms with Crippen molar-refractivity contribution in [1.29, 1.82) is 0 Å². The maximum Gasteiger partial charge on any atom is 0.272 e. The van der Waals surface area contributed by atoms with Crippen molar-refractivity contribution in [2.24, 2.45) is 5.14 Å². The van der Waals surface area contributed by atoms with Gasteiger partial charge in [0.05, 0.1) is 10.1 Å². The Morgan fingerprint density at radius 3 is 2.21 bits per heavy atom. The van der Waals surface area contributed by atoms with E-state index in [0.717, 1.165) is 0 Å². The summed E-state index contributed by atoms with van der Waals surface area (Å²) < 4.78 is 22.9. The molecule has 1 atom stereocenters. The fourth-order valence-electron chi connectivity index (χ4n) is 3.78. The Hall–Kier alpha value is -4.42. The summed E-state index contributed by atoms with van der Waals surface area (Å²) in [5.41, 5.74) is 1.89. The molecule has 220 valence electrons. The minimum absolute atomic E-state index is 0.00961. The Bertz CT molecular complexity index is 1780. The van der Waals surface area contributed by atoms with E-state index in [2.05, 4.69) is 16.0 Å². The molecule has 0 aliphatic heterocycles. The van der Waals surface area contributed by atoms with Gasteiger partial charge >= 0.3 is 0 Å². The summed E-state index contributed by atoms with van der Waals surface area (Å²) in [5, 5.41) is 13.3. The molecule has 43 heavy (non-hydrogen) atoms. The monoisotopic (exact) mass is 634 g/mol. The number of sulfonamides is 1. The highest BCUT2D eigenvalue weighted by Gasteiger charge is 2.18. The van der Waals surface area contributed by atoms with Crippen molar-refractivity contribution in [3.8, 4) is 0 Å². The first-order valence-corrected chi connectivity index (χ1v) is 15.6. The van der Waals surface area contributed by atoms with Crippen LogP contribution in [0.1, 0.15) is 22.8 Å². The number of hydrogen-bond donors (Lipinski definition) is 4. The van der Waals surface area contributed by atoms with E-state index in [-0.39, 0.29) is 16.5 Å². The SMILES string of the molecule is CC(Sc1cccc(NC(=O)/C(=C/c2cccc(Cl)c2)NC(=O)c2ccccc2)c1)C(=O)Nc1ccc(S(N)(=O)=O)cc1. The maximum absolute atomic E-state index is 13.4. The molecule has 0 heterocycles. The van der Waals surface area contributed by atoms with Gasteiger partial charge in [0.25, 0.3) is 11.8 Å². The zero-order valence-corrected chi connectivity index (χ0v) is 25.2. The third kappa shape index (κ3) is 9.29. The van der Waals surface area contributed by atoms with Crippen molar-refractivity contribution in [2.45, 2.75) is 22.0 Å². The fourth-order valence-corrected chi connectivity index (χ4v) is 5.42. The lowest BCUT2D eigenvalue weighted by Crippen LogP contribution is -2.30. The van der Waals surface area contributed by atoms with Crippen molar-refractivity contribution < 1.29 is 22.8 Å². The van der Waals surface area contributed by atoms with Crippen LogP contribution in [0.3, 0.4) is 0 Å². The van der Waals surface area contributed by atoms with E-state index < -0.39 is 27.1 Å². The summed E-state index contributed by atoms with van der Waals surface area (Å²) in [5.74, 6) is -1.31. The molecule has 0 aliphatic carbocycles. The average molecular weight is 635 g/mol. The average Bonchev–Trinajstić information content (AvgIpc) is 2.97. The normalized spacial score (nSPS) is 12.2. The van der Waals surface area contributed by atoms with Crippen molar-refractivity contribution in [3.05, 3.63) is 125 Å². The van der Waals surface area contributed by atoms with Gasteiger partial charge in [0, 0.05) is 26.9 Å². The molecular formula is C31H27ClN4O5S2. The van der Waals surface area contributed by atoms with Crippen LogP contribution >= 0.6 is 23.4 Å². The second-order valence-corrected chi connectivity index (χ2v) is 12.6. The van der Waals surface area contributed by atoms with Crippen molar-refractivity contribution >= 4 is 68.6 Å². The van der Waals surface area contributed by atoms with E-state index in [1.165, 1.54) is 42.1 Å². The molecule has 4 aromatic carbocycles. The van der Waals surface area contributed by atoms with E-state index in [1.807, 2.05) is 0 Å². The molecule has 0 spiro atoms. The van der Waals surface area contributed by atoms with Crippen LogP contribution in [0, 0.1) is 0 Å². The molecule has 0 radical (unpaired) electrons. The molecule has 12 heteroatoms. The third-order valence-electron chi connectivity index (χ3n) is 5.91. The topological polar surface area (TPSA) is 147 Å². The molecule has 5 N–H and O–H groups in total. The van der Waals surface area contributed by atoms with E-state index >= 15 is 0 Å². The predicted octanol–water partition coefficient (Wildman–Crippen LogP) is 5.52. The van der Waals surface area contributed by atoms with Crippen LogP contribution in [-0.2, 0) is 19.6 Å². The number of anilines is 2. The second-order valence-electron chi connectivity index (χ2n) is 9.23. The molecule has 1 unspecified atom stereocenters. The number of carbonyl (C=O) groups excluding carboxylic acids is 3. The number of amides is 3. The van der Waals surface area contributed by atoms with Crippen molar-refractivity contribution in [2.75, 3.05) is 10.6 Å². The summed E-state index contributed by atoms with van der Waals surface area (Å²) in [6.07, 6.45) is 1.53. The molecular weight excluding hydrogens is 608 g/mol. The lowest BCUT2D eigenvalue weighted by Gasteiger charge is -2.14. The van der Waals surface area contributed by atoms with Gasteiger partial charge in [-0.2, -0.15) is 0 Å². The minimum Gasteiger partial charge on any atom is -0.325 e. The highest BCUT2D eigenvalue weighted by molar-refractivity contribution is 8.00. The molecule has 0 aliphatic rings. The fraction of sp³-hybridized carbons (Fsp3) is 0.0645. The predicted molar refractivity (Wildman–Crippen MR) is 170 cm³/mol. The Labute approximate surface area is 258 Å². The standard InChI is InChI=1S/C31H27ClN4O5S2/c1-20(29(37)34-24-13-15-27(16-14-24)43(33,40)41)42-26-12-6-11-25(19-26)35-31(39)28(18-21-7-5-10-23(32)17-21)36-30(38)22-8-3-2-4-9-22/h2-20H,1H3,(H,34,37)(H,35,39)(H,36,38)(H2,33,40,41)/b28-18-. The van der Waals surface area contributed by atoms with Crippen LogP contribution in [0.5, 0.6) is 0 Å². The zero-order valence-electron chi connectivity index (χ0n) is 22.8. The van der Waals surface area contributed by atoms with Gasteiger partial charge in [-0.15, -0.1) is 11.8 Å². The lowest BCUT2D eigenvalue weighted by atomic mass is 10.1. The van der Waals surface area contributed by atoms with E-state index in [9.17, 15) is 22.8 Å². The molecule has 0 fully saturated rings. The summed E-state index contributed by atoms with van der Waals surface area (Å²) in [7, 11) is -3.84. The molecule has 4 rings (SSSR count). The van der Waals surface area contributed by atoms with Gasteiger partial charge in [-0.05, 0) is 85.3 Å². The van der Waals surface area contributed by atoms with Crippen LogP contribution in [0.25, 0.3) is 6.08 Å². The Kier molecular flexibility index (Phi) is 10.4. The summed E-state index contributed by atoms with van der Waals surface area (Å²) in [4.78, 5) is 39.6. The molecule has 0 aromatic heterocycles. The van der Waals surface area contributed by atoms with Gasteiger partial charge < -0.3 is 16.0 Å². The van der Waals surface area contributed by atoms with E-state index in [4.69, 9.17) is 16.7 Å². The molecule has 0 saturated carbocycles. The smallest absolute Gasteiger partial charge is 0.272 e. The number of rotatable bonds is 10. The first-order valence-electron chi connectivity index (χ1n) is 12.8. The first kappa shape index (κ1) is 31.5. The highest BCUT2D eigenvalue weighted by Crippen LogP contribution is 2.27. The number of hydrogen-bond acceptors (Lipinski definition) is 6. The number of thioether (sulfide) groups is 1. The molecule has 9 nitrogen and oxygen atoms in total. The van der Waals surface area contributed by atoms with Crippen LogP contribution in [0.15, 0.2) is 119 Å². The number of primary sulfonamides is 1. The van der Waals surface area contributed by atoms with Gasteiger partial charge in [-0.25, -0.2) is 13.6 Å². The number of nitrogens with two attached hydrogens (primary N) is 1. The van der Waals surface area contributed by atoms with Gasteiger partial charge in [0.15, 0.2) is 0 Å². The Balaban J connectivity index is 1.46. The van der Waals surface area contributed by atoms with Crippen molar-refractivity contribution in [1.82, 2.24) is 5.32 Å². The quantitative estimate of drug-likeness (QED) is 0.133. The van der Waals surface area contributed by atoms with E-state index in [1.54, 1.807) is 85.8 Å². The molecule has 3 amide bonds. The molecule has 4 aromatic rings. The van der Waals surface area contributed by atoms with Crippen molar-refractivity contribution in [3.63, 3.8) is 0 Å². The largest absolute Gasteiger partial charge is 0.325 e. The molecule has 0 saturated heterocycles. The summed E-state index contributed by atoms with van der Waals surface area (Å²) >= 11 is 7.38. The number of carbonyl (C=O) groups is 3. The van der Waals surface area contributed by atoms with Crippen LogP contribution in [0.4, 0.5) is 11.4 Å². The maximum atomic E-state index is 13.4. The van der Waals surface area contributed by atoms with E-state index in [0.29, 0.717) is 32.4 Å². The third-order valence-corrected chi connectivity index (χ3v) is 8.17. The summed E-state index contributed by atoms with van der Waals surface area (Å²) in [6, 6.07) is 27.9. The van der Waals surface area contributed by atoms with Gasteiger partial charge in [-0.1, -0.05) is 48.0 Å².